The quantitative estimate of drug-likeness (QED) is 0.812. The maximum Gasteiger partial charge on any atom is 0.319 e. The number of hydrogen-bond acceptors (Lipinski definition) is 3. The Labute approximate surface area is 158 Å². The highest BCUT2D eigenvalue weighted by atomic mass is 32.1. The zero-order valence-corrected chi connectivity index (χ0v) is 16.2. The van der Waals surface area contributed by atoms with Crippen LogP contribution in [0, 0.1) is 5.41 Å². The smallest absolute Gasteiger partial charge is 0.319 e. The van der Waals surface area contributed by atoms with Gasteiger partial charge in [-0.25, -0.2) is 4.79 Å². The van der Waals surface area contributed by atoms with E-state index in [-0.39, 0.29) is 23.4 Å². The van der Waals surface area contributed by atoms with Crippen LogP contribution < -0.4 is 15.5 Å². The van der Waals surface area contributed by atoms with Gasteiger partial charge in [0.25, 0.3) is 0 Å². The van der Waals surface area contributed by atoms with E-state index in [0.717, 1.165) is 23.5 Å². The molecule has 2 N–H and O–H groups in total. The second kappa shape index (κ2) is 7.50. The van der Waals surface area contributed by atoms with Gasteiger partial charge in [-0.15, -0.1) is 11.3 Å². The summed E-state index contributed by atoms with van der Waals surface area (Å²) in [4.78, 5) is 27.2. The molecule has 2 heterocycles. The molecular weight excluding hydrogens is 346 g/mol. The van der Waals surface area contributed by atoms with Crippen LogP contribution >= 0.6 is 11.3 Å². The number of carbonyl (C=O) groups excluding carboxylic acids is 2. The zero-order valence-electron chi connectivity index (χ0n) is 15.4. The SMILES string of the molecule is CC(C)(C)[C@H](NC(=O)Nc1ccc(N2CCCC2=O)cc1)c1cccs1. The highest BCUT2D eigenvalue weighted by Crippen LogP contribution is 2.35. The average Bonchev–Trinajstić information content (AvgIpc) is 3.24. The highest BCUT2D eigenvalue weighted by molar-refractivity contribution is 7.10. The van der Waals surface area contributed by atoms with Crippen LogP contribution in [-0.2, 0) is 4.79 Å². The highest BCUT2D eigenvalue weighted by Gasteiger charge is 2.28. The molecule has 1 aromatic heterocycles. The van der Waals surface area contributed by atoms with Crippen molar-refractivity contribution >= 4 is 34.6 Å². The van der Waals surface area contributed by atoms with E-state index in [9.17, 15) is 9.59 Å². The van der Waals surface area contributed by atoms with Gasteiger partial charge in [0.15, 0.2) is 0 Å². The summed E-state index contributed by atoms with van der Waals surface area (Å²) in [5.41, 5.74) is 1.49. The third-order valence-electron chi connectivity index (χ3n) is 4.48. The van der Waals surface area contributed by atoms with Crippen molar-refractivity contribution in [3.63, 3.8) is 0 Å². The molecule has 1 fully saturated rings. The molecule has 1 atom stereocenters. The number of anilines is 2. The first-order chi connectivity index (χ1) is 12.3. The number of urea groups is 1. The standard InChI is InChI=1S/C20H25N3O2S/c1-20(2,3)18(16-6-5-13-26-16)22-19(25)21-14-8-10-15(11-9-14)23-12-4-7-17(23)24/h5-6,8-11,13,18H,4,7,12H2,1-3H3,(H2,21,22,25)/t18-/m1/s1. The van der Waals surface area contributed by atoms with Crippen LogP contribution in [0.2, 0.25) is 0 Å². The molecule has 1 aliphatic rings. The van der Waals surface area contributed by atoms with Crippen LogP contribution in [-0.4, -0.2) is 18.5 Å². The molecule has 1 saturated heterocycles. The van der Waals surface area contributed by atoms with Gasteiger partial charge in [0, 0.05) is 29.2 Å². The number of rotatable bonds is 4. The maximum atomic E-state index is 12.5. The van der Waals surface area contributed by atoms with Crippen molar-refractivity contribution in [1.29, 1.82) is 0 Å². The number of benzene rings is 1. The predicted octanol–water partition coefficient (Wildman–Crippen LogP) is 4.78. The number of amides is 3. The summed E-state index contributed by atoms with van der Waals surface area (Å²) in [6.07, 6.45) is 1.51. The molecule has 0 radical (unpaired) electrons. The molecular formula is C20H25N3O2S. The van der Waals surface area contributed by atoms with E-state index >= 15 is 0 Å². The van der Waals surface area contributed by atoms with Crippen LogP contribution in [0.15, 0.2) is 41.8 Å². The first-order valence-corrected chi connectivity index (χ1v) is 9.74. The van der Waals surface area contributed by atoms with Gasteiger partial charge in [-0.1, -0.05) is 26.8 Å². The van der Waals surface area contributed by atoms with E-state index in [0.29, 0.717) is 12.1 Å². The average molecular weight is 372 g/mol. The van der Waals surface area contributed by atoms with Crippen molar-refractivity contribution in [2.45, 2.75) is 39.7 Å². The maximum absolute atomic E-state index is 12.5. The Bertz CT molecular complexity index is 763. The fourth-order valence-corrected chi connectivity index (χ4v) is 4.13. The van der Waals surface area contributed by atoms with Crippen LogP contribution in [0.4, 0.5) is 16.2 Å². The van der Waals surface area contributed by atoms with Crippen molar-refractivity contribution < 1.29 is 9.59 Å². The molecule has 3 rings (SSSR count). The van der Waals surface area contributed by atoms with Crippen LogP contribution in [0.5, 0.6) is 0 Å². The normalized spacial score (nSPS) is 15.8. The topological polar surface area (TPSA) is 61.4 Å². The lowest BCUT2D eigenvalue weighted by molar-refractivity contribution is -0.117. The summed E-state index contributed by atoms with van der Waals surface area (Å²) in [5.74, 6) is 0.160. The van der Waals surface area contributed by atoms with E-state index in [1.807, 2.05) is 41.8 Å². The van der Waals surface area contributed by atoms with Crippen molar-refractivity contribution in [2.24, 2.45) is 5.41 Å². The first-order valence-electron chi connectivity index (χ1n) is 8.86. The van der Waals surface area contributed by atoms with Gasteiger partial charge < -0.3 is 15.5 Å². The minimum Gasteiger partial charge on any atom is -0.330 e. The summed E-state index contributed by atoms with van der Waals surface area (Å²) >= 11 is 1.64. The molecule has 0 bridgehead atoms. The minimum atomic E-state index is -0.233. The Morgan fingerprint density at radius 3 is 2.46 bits per heavy atom. The van der Waals surface area contributed by atoms with Gasteiger partial charge in [-0.05, 0) is 47.5 Å². The summed E-state index contributed by atoms with van der Waals surface area (Å²) in [5, 5.41) is 7.99. The fraction of sp³-hybridized carbons (Fsp3) is 0.400. The minimum absolute atomic E-state index is 0.0657. The molecule has 6 heteroatoms. The monoisotopic (exact) mass is 371 g/mol. The van der Waals surface area contributed by atoms with Crippen molar-refractivity contribution in [1.82, 2.24) is 5.32 Å². The van der Waals surface area contributed by atoms with E-state index in [2.05, 4.69) is 31.4 Å². The summed E-state index contributed by atoms with van der Waals surface area (Å²) in [6, 6.07) is 11.2. The fourth-order valence-electron chi connectivity index (χ4n) is 3.11. The summed E-state index contributed by atoms with van der Waals surface area (Å²) < 4.78 is 0. The Kier molecular flexibility index (Phi) is 5.32. The van der Waals surface area contributed by atoms with E-state index < -0.39 is 0 Å². The van der Waals surface area contributed by atoms with Gasteiger partial charge in [0.1, 0.15) is 0 Å². The Balaban J connectivity index is 1.64. The first kappa shape index (κ1) is 18.5. The van der Waals surface area contributed by atoms with E-state index in [1.54, 1.807) is 16.2 Å². The third-order valence-corrected chi connectivity index (χ3v) is 5.42. The lowest BCUT2D eigenvalue weighted by Crippen LogP contribution is -2.38. The van der Waals surface area contributed by atoms with Gasteiger partial charge in [-0.3, -0.25) is 4.79 Å². The number of carbonyl (C=O) groups is 2. The van der Waals surface area contributed by atoms with E-state index in [1.165, 1.54) is 0 Å². The molecule has 0 saturated carbocycles. The number of hydrogen-bond donors (Lipinski definition) is 2. The second-order valence-corrected chi connectivity index (χ2v) is 8.59. The number of nitrogens with zero attached hydrogens (tertiary/aromatic N) is 1. The summed E-state index contributed by atoms with van der Waals surface area (Å²) in [7, 11) is 0. The molecule has 1 aromatic carbocycles. The molecule has 3 amide bonds. The molecule has 0 aliphatic carbocycles. The molecule has 138 valence electrons. The lowest BCUT2D eigenvalue weighted by Gasteiger charge is -2.30. The molecule has 2 aromatic rings. The zero-order chi connectivity index (χ0) is 18.7. The van der Waals surface area contributed by atoms with E-state index in [4.69, 9.17) is 0 Å². The molecule has 26 heavy (non-hydrogen) atoms. The summed E-state index contributed by atoms with van der Waals surface area (Å²) in [6.45, 7) is 7.10. The van der Waals surface area contributed by atoms with Crippen LogP contribution in [0.1, 0.15) is 44.5 Å². The van der Waals surface area contributed by atoms with Gasteiger partial charge in [-0.2, -0.15) is 0 Å². The second-order valence-electron chi connectivity index (χ2n) is 7.61. The lowest BCUT2D eigenvalue weighted by atomic mass is 9.86. The van der Waals surface area contributed by atoms with Crippen molar-refractivity contribution in [3.8, 4) is 0 Å². The number of thiophene rings is 1. The molecule has 0 spiro atoms. The molecule has 1 aliphatic heterocycles. The molecule has 5 nitrogen and oxygen atoms in total. The van der Waals surface area contributed by atoms with Gasteiger partial charge >= 0.3 is 6.03 Å². The third kappa shape index (κ3) is 4.25. The Morgan fingerprint density at radius 2 is 1.92 bits per heavy atom. The van der Waals surface area contributed by atoms with Gasteiger partial charge in [0.2, 0.25) is 5.91 Å². The Hall–Kier alpha value is -2.34. The Morgan fingerprint density at radius 1 is 1.19 bits per heavy atom. The largest absolute Gasteiger partial charge is 0.330 e. The predicted molar refractivity (Wildman–Crippen MR) is 107 cm³/mol. The molecule has 0 unspecified atom stereocenters. The number of nitrogens with one attached hydrogen (secondary N) is 2. The van der Waals surface area contributed by atoms with Gasteiger partial charge in [0.05, 0.1) is 6.04 Å². The van der Waals surface area contributed by atoms with Crippen LogP contribution in [0.25, 0.3) is 0 Å². The van der Waals surface area contributed by atoms with Crippen molar-refractivity contribution in [3.05, 3.63) is 46.7 Å². The van der Waals surface area contributed by atoms with Crippen LogP contribution in [0.3, 0.4) is 0 Å². The van der Waals surface area contributed by atoms with Crippen molar-refractivity contribution in [2.75, 3.05) is 16.8 Å².